The molecule has 148 valence electrons. The molecule has 3 aliphatic rings. The number of benzene rings is 1. The van der Waals surface area contributed by atoms with Gasteiger partial charge in [0.1, 0.15) is 11.5 Å². The Morgan fingerprint density at radius 1 is 1.11 bits per heavy atom. The summed E-state index contributed by atoms with van der Waals surface area (Å²) in [5.74, 6) is -4.13. The lowest BCUT2D eigenvalue weighted by Crippen LogP contribution is -2.65. The number of ketones is 2. The Morgan fingerprint density at radius 2 is 1.75 bits per heavy atom. The lowest BCUT2D eigenvalue weighted by molar-refractivity contribution is -0.157. The molecule has 0 amide bonds. The van der Waals surface area contributed by atoms with E-state index in [0.29, 0.717) is 11.1 Å². The molecule has 0 radical (unpaired) electrons. The van der Waals surface area contributed by atoms with Crippen LogP contribution >= 0.6 is 0 Å². The highest BCUT2D eigenvalue weighted by atomic mass is 16.3. The van der Waals surface area contributed by atoms with Crippen molar-refractivity contribution in [1.29, 1.82) is 0 Å². The van der Waals surface area contributed by atoms with Crippen molar-refractivity contribution >= 4 is 17.3 Å². The van der Waals surface area contributed by atoms with E-state index in [0.717, 1.165) is 6.08 Å². The van der Waals surface area contributed by atoms with Crippen LogP contribution in [0.5, 0.6) is 0 Å². The summed E-state index contributed by atoms with van der Waals surface area (Å²) in [4.78, 5) is 27.5. The van der Waals surface area contributed by atoms with Crippen LogP contribution in [0.2, 0.25) is 0 Å². The SMILES string of the molecule is CN(C)[C@@H]1C(=O)C=C(O)[C@]2(O)C(=O)C3=C(O)c4ccccc4[C@](C)(O)[C@@H]3C[C@@H]12. The summed E-state index contributed by atoms with van der Waals surface area (Å²) < 4.78 is 0. The number of nitrogens with zero attached hydrogens (tertiary/aromatic N) is 1. The van der Waals surface area contributed by atoms with Crippen molar-refractivity contribution in [3.8, 4) is 0 Å². The molecule has 0 unspecified atom stereocenters. The lowest BCUT2D eigenvalue weighted by Gasteiger charge is -2.52. The molecular weight excluding hydrogens is 362 g/mol. The van der Waals surface area contributed by atoms with Crippen LogP contribution in [0.1, 0.15) is 24.5 Å². The minimum atomic E-state index is -2.33. The molecule has 1 saturated carbocycles. The van der Waals surface area contributed by atoms with Gasteiger partial charge in [-0.15, -0.1) is 0 Å². The van der Waals surface area contributed by atoms with Gasteiger partial charge >= 0.3 is 0 Å². The van der Waals surface area contributed by atoms with Crippen LogP contribution in [0.25, 0.3) is 5.76 Å². The molecule has 4 N–H and O–H groups in total. The number of rotatable bonds is 1. The van der Waals surface area contributed by atoms with Crippen molar-refractivity contribution in [2.75, 3.05) is 14.1 Å². The van der Waals surface area contributed by atoms with Gasteiger partial charge in [-0.3, -0.25) is 14.5 Å². The van der Waals surface area contributed by atoms with Gasteiger partial charge in [0.2, 0.25) is 5.78 Å². The Kier molecular flexibility index (Phi) is 3.88. The van der Waals surface area contributed by atoms with Crippen LogP contribution in [0, 0.1) is 11.8 Å². The molecule has 28 heavy (non-hydrogen) atoms. The van der Waals surface area contributed by atoms with Crippen LogP contribution in [-0.4, -0.2) is 62.6 Å². The molecule has 1 fully saturated rings. The molecule has 0 bridgehead atoms. The van der Waals surface area contributed by atoms with Crippen LogP contribution in [-0.2, 0) is 15.2 Å². The molecule has 7 heteroatoms. The van der Waals surface area contributed by atoms with E-state index in [1.807, 2.05) is 0 Å². The number of hydrogen-bond donors (Lipinski definition) is 4. The van der Waals surface area contributed by atoms with Crippen LogP contribution in [0.4, 0.5) is 0 Å². The standard InChI is InChI=1S/C21H23NO6/c1-20(27)11-7-5-4-6-10(11)18(25)16-12(20)8-13-17(22(2)3)14(23)9-15(24)21(13,28)19(16)26/h4-7,9,12-13,17,24-25,27-28H,8H2,1-3H3/t12-,13+,17+,20+,21+/m1/s1. The molecule has 1 aromatic carbocycles. The van der Waals surface area contributed by atoms with Gasteiger partial charge in [0.25, 0.3) is 0 Å². The van der Waals surface area contributed by atoms with E-state index in [4.69, 9.17) is 0 Å². The average Bonchev–Trinajstić information content (AvgIpc) is 2.62. The Bertz CT molecular complexity index is 959. The van der Waals surface area contributed by atoms with Crippen molar-refractivity contribution in [3.05, 3.63) is 52.8 Å². The summed E-state index contributed by atoms with van der Waals surface area (Å²) in [6.45, 7) is 1.56. The predicted molar refractivity (Wildman–Crippen MR) is 100 cm³/mol. The van der Waals surface area contributed by atoms with Crippen molar-refractivity contribution < 1.29 is 30.0 Å². The molecule has 3 aliphatic carbocycles. The second-order valence-corrected chi connectivity index (χ2v) is 8.29. The predicted octanol–water partition coefficient (Wildman–Crippen LogP) is 1.07. The number of likely N-dealkylation sites (N-methyl/N-ethyl adjacent to an activating group) is 1. The quantitative estimate of drug-likeness (QED) is 0.571. The zero-order valence-corrected chi connectivity index (χ0v) is 15.9. The van der Waals surface area contributed by atoms with Gasteiger partial charge in [0.15, 0.2) is 11.4 Å². The number of carbonyl (C=O) groups excluding carboxylic acids is 2. The first-order valence-corrected chi connectivity index (χ1v) is 9.16. The molecule has 0 aliphatic heterocycles. The van der Waals surface area contributed by atoms with E-state index in [-0.39, 0.29) is 17.8 Å². The first kappa shape index (κ1) is 18.9. The number of aliphatic hydroxyl groups is 4. The van der Waals surface area contributed by atoms with E-state index in [9.17, 15) is 30.0 Å². The van der Waals surface area contributed by atoms with Gasteiger partial charge in [-0.1, -0.05) is 24.3 Å². The summed E-state index contributed by atoms with van der Waals surface area (Å²) in [5.41, 5.74) is -3.15. The van der Waals surface area contributed by atoms with E-state index in [2.05, 4.69) is 0 Å². The number of fused-ring (bicyclic) bond motifs is 3. The number of hydrogen-bond acceptors (Lipinski definition) is 7. The van der Waals surface area contributed by atoms with Crippen LogP contribution in [0.3, 0.4) is 0 Å². The maximum atomic E-state index is 13.4. The van der Waals surface area contributed by atoms with E-state index >= 15 is 0 Å². The highest BCUT2D eigenvalue weighted by molar-refractivity contribution is 6.13. The average molecular weight is 385 g/mol. The molecular formula is C21H23NO6. The summed E-state index contributed by atoms with van der Waals surface area (Å²) in [7, 11) is 3.31. The molecule has 5 atom stereocenters. The number of carbonyl (C=O) groups is 2. The second-order valence-electron chi connectivity index (χ2n) is 8.29. The van der Waals surface area contributed by atoms with E-state index < -0.39 is 46.4 Å². The lowest BCUT2D eigenvalue weighted by atomic mass is 9.55. The molecule has 0 heterocycles. The monoisotopic (exact) mass is 385 g/mol. The summed E-state index contributed by atoms with van der Waals surface area (Å²) in [5, 5.41) is 43.8. The smallest absolute Gasteiger partial charge is 0.202 e. The summed E-state index contributed by atoms with van der Waals surface area (Å²) >= 11 is 0. The molecule has 4 rings (SSSR count). The van der Waals surface area contributed by atoms with Gasteiger partial charge < -0.3 is 20.4 Å². The van der Waals surface area contributed by atoms with Gasteiger partial charge in [0.05, 0.1) is 11.6 Å². The zero-order chi connectivity index (χ0) is 20.6. The fourth-order valence-corrected chi connectivity index (χ4v) is 5.13. The molecule has 0 saturated heterocycles. The van der Waals surface area contributed by atoms with Gasteiger partial charge in [-0.2, -0.15) is 0 Å². The van der Waals surface area contributed by atoms with Gasteiger partial charge in [0, 0.05) is 29.0 Å². The third kappa shape index (κ3) is 2.15. The highest BCUT2D eigenvalue weighted by Gasteiger charge is 2.64. The number of Topliss-reactive ketones (excluding diaryl/α,β-unsaturated/α-hetero) is 1. The largest absolute Gasteiger partial charge is 0.509 e. The van der Waals surface area contributed by atoms with E-state index in [1.54, 1.807) is 50.2 Å². The van der Waals surface area contributed by atoms with Crippen molar-refractivity contribution in [3.63, 3.8) is 0 Å². The Balaban J connectivity index is 1.98. The van der Waals surface area contributed by atoms with Gasteiger partial charge in [-0.05, 0) is 33.0 Å². The molecule has 0 spiro atoms. The van der Waals surface area contributed by atoms with Crippen molar-refractivity contribution in [1.82, 2.24) is 4.90 Å². The third-order valence-corrected chi connectivity index (χ3v) is 6.53. The third-order valence-electron chi connectivity index (χ3n) is 6.53. The molecule has 7 nitrogen and oxygen atoms in total. The van der Waals surface area contributed by atoms with Crippen LogP contribution in [0.15, 0.2) is 41.7 Å². The molecule has 0 aromatic heterocycles. The van der Waals surface area contributed by atoms with Crippen molar-refractivity contribution in [2.24, 2.45) is 11.8 Å². The Morgan fingerprint density at radius 3 is 2.39 bits per heavy atom. The summed E-state index contributed by atoms with van der Waals surface area (Å²) in [6, 6.07) is 5.83. The van der Waals surface area contributed by atoms with E-state index in [1.165, 1.54) is 0 Å². The zero-order valence-electron chi connectivity index (χ0n) is 15.9. The first-order valence-electron chi connectivity index (χ1n) is 9.16. The summed E-state index contributed by atoms with van der Waals surface area (Å²) in [6.07, 6.45) is 0.918. The number of aliphatic hydroxyl groups excluding tert-OH is 2. The Labute approximate surface area is 162 Å². The van der Waals surface area contributed by atoms with Crippen molar-refractivity contribution in [2.45, 2.75) is 30.6 Å². The minimum Gasteiger partial charge on any atom is -0.509 e. The van der Waals surface area contributed by atoms with Crippen LogP contribution < -0.4 is 0 Å². The highest BCUT2D eigenvalue weighted by Crippen LogP contribution is 2.55. The maximum absolute atomic E-state index is 13.4. The maximum Gasteiger partial charge on any atom is 0.202 e. The fraction of sp³-hybridized carbons (Fsp3) is 0.429. The normalized spacial score (nSPS) is 37.4. The minimum absolute atomic E-state index is 0.0372. The second kappa shape index (κ2) is 5.76. The van der Waals surface area contributed by atoms with Gasteiger partial charge in [-0.25, -0.2) is 0 Å². The topological polar surface area (TPSA) is 118 Å². The first-order chi connectivity index (χ1) is 13.0. The molecule has 1 aromatic rings. The fourth-order valence-electron chi connectivity index (χ4n) is 5.13. The Hall–Kier alpha value is -2.48.